The molecule has 46 heavy (non-hydrogen) atoms. The number of nitriles is 1. The van der Waals surface area contributed by atoms with Gasteiger partial charge in [0.05, 0.1) is 50.6 Å². The lowest BCUT2D eigenvalue weighted by Crippen LogP contribution is -3.05. The molecule has 0 bridgehead atoms. The third-order valence-electron chi connectivity index (χ3n) is 7.15. The number of hydrogen-bond donors (Lipinski definition) is 2. The van der Waals surface area contributed by atoms with Crippen molar-refractivity contribution in [2.45, 2.75) is 25.9 Å². The number of hydrogen-bond acceptors (Lipinski definition) is 8. The van der Waals surface area contributed by atoms with E-state index in [1.807, 2.05) is 20.2 Å². The second-order valence-corrected chi connectivity index (χ2v) is 10.8. The van der Waals surface area contributed by atoms with Crippen LogP contribution < -0.4 is 10.2 Å². The van der Waals surface area contributed by atoms with Crippen molar-refractivity contribution in [1.82, 2.24) is 29.4 Å². The van der Waals surface area contributed by atoms with Gasteiger partial charge in [0.1, 0.15) is 0 Å². The monoisotopic (exact) mass is 632 g/mol. The van der Waals surface area contributed by atoms with Crippen LogP contribution in [-0.4, -0.2) is 69.0 Å². The summed E-state index contributed by atoms with van der Waals surface area (Å²) in [5, 5.41) is 20.7. The Bertz CT molecular complexity index is 1970. The molecule has 0 aliphatic rings. The standard InChI is InChI=1S/C31H28F3N9O3/c1-18-23(27-37-26(29(45)46-4)39-43(27)22-12-10-19(16-35)11-13-22)17-42-28(25(18)20-7-5-8-21(15-20)31(32,33)34)38-30(40-42)36-24(44)9-6-14-41(2)3/h5,7-8,10-13,15,17H,6,9,14H2,1-4H3,(H,36,40,44)/p+1. The largest absolute Gasteiger partial charge is 0.463 e. The number of carbonyl (C=O) groups is 2. The maximum Gasteiger partial charge on any atom is 0.416 e. The van der Waals surface area contributed by atoms with Gasteiger partial charge in [-0.15, -0.1) is 10.2 Å². The number of alkyl halides is 3. The van der Waals surface area contributed by atoms with Crippen molar-refractivity contribution in [3.63, 3.8) is 0 Å². The number of aromatic nitrogens is 6. The third kappa shape index (κ3) is 6.57. The van der Waals surface area contributed by atoms with Gasteiger partial charge >= 0.3 is 12.1 Å². The number of quaternary nitrogens is 1. The van der Waals surface area contributed by atoms with E-state index in [2.05, 4.69) is 25.5 Å². The number of anilines is 1. The lowest BCUT2D eigenvalue weighted by molar-refractivity contribution is -0.858. The molecule has 0 atom stereocenters. The Morgan fingerprint density at radius 3 is 2.48 bits per heavy atom. The highest BCUT2D eigenvalue weighted by Gasteiger charge is 2.31. The predicted octanol–water partition coefficient (Wildman–Crippen LogP) is 3.49. The van der Waals surface area contributed by atoms with Gasteiger partial charge < -0.3 is 9.64 Å². The minimum Gasteiger partial charge on any atom is -0.463 e. The van der Waals surface area contributed by atoms with E-state index in [4.69, 9.17) is 4.74 Å². The molecule has 0 radical (unpaired) electrons. The fourth-order valence-electron chi connectivity index (χ4n) is 4.89. The molecule has 12 nitrogen and oxygen atoms in total. The Balaban J connectivity index is 1.72. The molecule has 0 fully saturated rings. The van der Waals surface area contributed by atoms with Crippen molar-refractivity contribution >= 4 is 23.5 Å². The van der Waals surface area contributed by atoms with E-state index in [1.165, 1.54) is 33.3 Å². The molecular weight excluding hydrogens is 603 g/mol. The van der Waals surface area contributed by atoms with Crippen LogP contribution in [0.5, 0.6) is 0 Å². The van der Waals surface area contributed by atoms with Gasteiger partial charge in [-0.05, 0) is 54.4 Å². The first kappa shape index (κ1) is 31.8. The molecule has 0 unspecified atom stereocenters. The fraction of sp³-hybridized carbons (Fsp3) is 0.258. The molecule has 1 amide bonds. The third-order valence-corrected chi connectivity index (χ3v) is 7.15. The highest BCUT2D eigenvalue weighted by atomic mass is 19.4. The number of esters is 1. The van der Waals surface area contributed by atoms with Gasteiger partial charge in [-0.3, -0.25) is 10.1 Å². The number of fused-ring (bicyclic) bond motifs is 1. The maximum atomic E-state index is 13.8. The molecule has 2 aromatic carbocycles. The van der Waals surface area contributed by atoms with E-state index in [-0.39, 0.29) is 41.1 Å². The van der Waals surface area contributed by atoms with Crippen molar-refractivity contribution in [1.29, 1.82) is 5.26 Å². The number of nitrogens with zero attached hydrogens (tertiary/aromatic N) is 7. The number of benzene rings is 2. The quantitative estimate of drug-likeness (QED) is 0.235. The summed E-state index contributed by atoms with van der Waals surface area (Å²) >= 11 is 0. The van der Waals surface area contributed by atoms with E-state index in [0.29, 0.717) is 34.4 Å². The van der Waals surface area contributed by atoms with Crippen molar-refractivity contribution in [3.05, 3.63) is 77.2 Å². The lowest BCUT2D eigenvalue weighted by atomic mass is 9.96. The second-order valence-electron chi connectivity index (χ2n) is 10.8. The topological polar surface area (TPSA) is 145 Å². The van der Waals surface area contributed by atoms with Gasteiger partial charge in [-0.1, -0.05) is 12.1 Å². The molecular formula is C31H29F3N9O3+. The minimum absolute atomic E-state index is 0.0317. The molecule has 5 rings (SSSR count). The van der Waals surface area contributed by atoms with Gasteiger partial charge in [-0.2, -0.15) is 23.4 Å². The van der Waals surface area contributed by atoms with Crippen LogP contribution in [0, 0.1) is 18.3 Å². The number of rotatable bonds is 9. The van der Waals surface area contributed by atoms with E-state index >= 15 is 0 Å². The van der Waals surface area contributed by atoms with Crippen LogP contribution in [0.2, 0.25) is 0 Å². The zero-order chi connectivity index (χ0) is 33.2. The van der Waals surface area contributed by atoms with Gasteiger partial charge in [0.2, 0.25) is 11.9 Å². The Morgan fingerprint density at radius 2 is 1.83 bits per heavy atom. The van der Waals surface area contributed by atoms with Crippen molar-refractivity contribution in [3.8, 4) is 34.3 Å². The van der Waals surface area contributed by atoms with Crippen LogP contribution in [0.3, 0.4) is 0 Å². The van der Waals surface area contributed by atoms with Crippen LogP contribution in [0.15, 0.2) is 54.7 Å². The van der Waals surface area contributed by atoms with Crippen LogP contribution in [0.1, 0.15) is 40.2 Å². The Labute approximate surface area is 261 Å². The zero-order valence-electron chi connectivity index (χ0n) is 25.3. The van der Waals surface area contributed by atoms with Crippen LogP contribution >= 0.6 is 0 Å². The predicted molar refractivity (Wildman–Crippen MR) is 160 cm³/mol. The molecule has 2 N–H and O–H groups in total. The van der Waals surface area contributed by atoms with Gasteiger partial charge in [0.25, 0.3) is 5.82 Å². The normalized spacial score (nSPS) is 11.5. The number of halogens is 3. The fourth-order valence-corrected chi connectivity index (χ4v) is 4.89. The number of pyridine rings is 1. The second kappa shape index (κ2) is 12.8. The average molecular weight is 633 g/mol. The molecule has 3 heterocycles. The molecule has 3 aromatic heterocycles. The minimum atomic E-state index is -4.61. The summed E-state index contributed by atoms with van der Waals surface area (Å²) in [6, 6.07) is 13.2. The summed E-state index contributed by atoms with van der Waals surface area (Å²) in [6.07, 6.45) is -2.20. The van der Waals surface area contributed by atoms with Crippen LogP contribution in [-0.2, 0) is 15.7 Å². The van der Waals surface area contributed by atoms with E-state index < -0.39 is 17.7 Å². The lowest BCUT2D eigenvalue weighted by Gasteiger charge is -2.15. The van der Waals surface area contributed by atoms with Gasteiger partial charge in [0, 0.05) is 30.2 Å². The first-order chi connectivity index (χ1) is 21.9. The van der Waals surface area contributed by atoms with E-state index in [9.17, 15) is 28.0 Å². The number of ether oxygens (including phenoxy) is 1. The van der Waals surface area contributed by atoms with Crippen molar-refractivity contribution < 1.29 is 32.4 Å². The van der Waals surface area contributed by atoms with Gasteiger partial charge in [0.15, 0.2) is 11.5 Å². The molecule has 0 aliphatic heterocycles. The van der Waals surface area contributed by atoms with Crippen molar-refractivity contribution in [2.75, 3.05) is 33.1 Å². The van der Waals surface area contributed by atoms with E-state index in [1.54, 1.807) is 37.4 Å². The summed E-state index contributed by atoms with van der Waals surface area (Å²) in [5.74, 6) is -1.28. The summed E-state index contributed by atoms with van der Waals surface area (Å²) in [7, 11) is 5.14. The maximum absolute atomic E-state index is 13.8. The number of amides is 1. The summed E-state index contributed by atoms with van der Waals surface area (Å²) in [5.41, 5.74) is 1.45. The molecule has 236 valence electrons. The number of carbonyl (C=O) groups excluding carboxylic acids is 2. The molecule has 0 saturated carbocycles. The Hall–Kier alpha value is -5.62. The first-order valence-electron chi connectivity index (χ1n) is 14.1. The Morgan fingerprint density at radius 1 is 1.09 bits per heavy atom. The number of methoxy groups -OCH3 is 1. The molecule has 0 saturated heterocycles. The summed E-state index contributed by atoms with van der Waals surface area (Å²) in [4.78, 5) is 35.3. The van der Waals surface area contributed by atoms with Crippen LogP contribution in [0.25, 0.3) is 33.8 Å². The van der Waals surface area contributed by atoms with E-state index in [0.717, 1.165) is 18.7 Å². The molecule has 0 aliphatic carbocycles. The zero-order valence-corrected chi connectivity index (χ0v) is 25.3. The van der Waals surface area contributed by atoms with Crippen LogP contribution in [0.4, 0.5) is 19.1 Å². The summed E-state index contributed by atoms with van der Waals surface area (Å²) < 4.78 is 48.9. The highest BCUT2D eigenvalue weighted by molar-refractivity contribution is 5.91. The first-order valence-corrected chi connectivity index (χ1v) is 14.1. The SMILES string of the molecule is COC(=O)c1nc(-c2cn3nc(NC(=O)CCC[NH+](C)C)nc3c(-c3cccc(C(F)(F)F)c3)c2C)n(-c2ccc(C#N)cc2)n1. The molecule has 0 spiro atoms. The molecule has 5 aromatic rings. The molecule has 15 heteroatoms. The van der Waals surface area contributed by atoms with Gasteiger partial charge in [-0.25, -0.2) is 19.0 Å². The number of nitrogens with one attached hydrogen (secondary N) is 2. The Kier molecular flexibility index (Phi) is 8.83. The summed E-state index contributed by atoms with van der Waals surface area (Å²) in [6.45, 7) is 2.46. The average Bonchev–Trinajstić information content (AvgIpc) is 3.64. The highest BCUT2D eigenvalue weighted by Crippen LogP contribution is 2.38. The van der Waals surface area contributed by atoms with Crippen molar-refractivity contribution in [2.24, 2.45) is 0 Å². The smallest absolute Gasteiger partial charge is 0.416 e.